The number of halogens is 1. The van der Waals surface area contributed by atoms with Gasteiger partial charge in [-0.3, -0.25) is 4.79 Å². The molecule has 0 radical (unpaired) electrons. The topological polar surface area (TPSA) is 58.6 Å². The van der Waals surface area contributed by atoms with E-state index in [-0.39, 0.29) is 12.5 Å². The standard InChI is InChI=1S/C15H22BrNO3/c1-4-15(19,5-2)10-17-14(18)11(3)20-13-8-6-12(16)7-9-13/h6-9,11,19H,4-5,10H2,1-3H3,(H,17,18). The second-order valence-corrected chi connectivity index (χ2v) is 5.78. The van der Waals surface area contributed by atoms with Gasteiger partial charge >= 0.3 is 0 Å². The Kier molecular flexibility index (Phi) is 6.49. The molecule has 0 aliphatic heterocycles. The number of hydrogen-bond acceptors (Lipinski definition) is 3. The van der Waals surface area contributed by atoms with Crippen molar-refractivity contribution in [2.75, 3.05) is 6.54 Å². The lowest BCUT2D eigenvalue weighted by Crippen LogP contribution is -2.46. The van der Waals surface area contributed by atoms with E-state index in [0.717, 1.165) is 4.47 Å². The van der Waals surface area contributed by atoms with E-state index in [0.29, 0.717) is 18.6 Å². The summed E-state index contributed by atoms with van der Waals surface area (Å²) in [6.45, 7) is 5.73. The van der Waals surface area contributed by atoms with Crippen LogP contribution in [0.15, 0.2) is 28.7 Å². The van der Waals surface area contributed by atoms with Gasteiger partial charge < -0.3 is 15.2 Å². The van der Waals surface area contributed by atoms with Crippen LogP contribution in [0, 0.1) is 0 Å². The van der Waals surface area contributed by atoms with Gasteiger partial charge in [0, 0.05) is 11.0 Å². The molecular weight excluding hydrogens is 322 g/mol. The summed E-state index contributed by atoms with van der Waals surface area (Å²) in [7, 11) is 0. The molecular formula is C15H22BrNO3. The highest BCUT2D eigenvalue weighted by Gasteiger charge is 2.24. The molecule has 0 fully saturated rings. The number of carbonyl (C=O) groups is 1. The smallest absolute Gasteiger partial charge is 0.260 e. The zero-order chi connectivity index (χ0) is 15.2. The van der Waals surface area contributed by atoms with Crippen LogP contribution in [0.25, 0.3) is 0 Å². The van der Waals surface area contributed by atoms with Gasteiger partial charge in [0.15, 0.2) is 6.10 Å². The summed E-state index contributed by atoms with van der Waals surface area (Å²) in [4.78, 5) is 11.9. The number of carbonyl (C=O) groups excluding carboxylic acids is 1. The second-order valence-electron chi connectivity index (χ2n) is 4.86. The minimum atomic E-state index is -0.840. The van der Waals surface area contributed by atoms with Gasteiger partial charge in [-0.25, -0.2) is 0 Å². The van der Waals surface area contributed by atoms with E-state index in [9.17, 15) is 9.90 Å². The Hall–Kier alpha value is -1.07. The number of benzene rings is 1. The highest BCUT2D eigenvalue weighted by molar-refractivity contribution is 9.10. The molecule has 0 spiro atoms. The molecule has 0 aliphatic rings. The minimum Gasteiger partial charge on any atom is -0.481 e. The van der Waals surface area contributed by atoms with Crippen molar-refractivity contribution >= 4 is 21.8 Å². The molecule has 2 N–H and O–H groups in total. The molecule has 1 rings (SSSR count). The van der Waals surface area contributed by atoms with Gasteiger partial charge in [-0.15, -0.1) is 0 Å². The second kappa shape index (κ2) is 7.64. The summed E-state index contributed by atoms with van der Waals surface area (Å²) < 4.78 is 6.51. The van der Waals surface area contributed by atoms with Crippen molar-refractivity contribution in [3.8, 4) is 5.75 Å². The molecule has 0 heterocycles. The van der Waals surface area contributed by atoms with Gasteiger partial charge in [-0.2, -0.15) is 0 Å². The van der Waals surface area contributed by atoms with Crippen molar-refractivity contribution in [1.82, 2.24) is 5.32 Å². The number of hydrogen-bond donors (Lipinski definition) is 2. The number of rotatable bonds is 7. The molecule has 20 heavy (non-hydrogen) atoms. The maximum atomic E-state index is 11.9. The lowest BCUT2D eigenvalue weighted by Gasteiger charge is -2.26. The third-order valence-electron chi connectivity index (χ3n) is 3.40. The molecule has 1 aromatic carbocycles. The van der Waals surface area contributed by atoms with Gasteiger partial charge in [0.1, 0.15) is 5.75 Å². The fraction of sp³-hybridized carbons (Fsp3) is 0.533. The monoisotopic (exact) mass is 343 g/mol. The Morgan fingerprint density at radius 2 is 1.90 bits per heavy atom. The SMILES string of the molecule is CCC(O)(CC)CNC(=O)C(C)Oc1ccc(Br)cc1. The van der Waals surface area contributed by atoms with E-state index in [1.807, 2.05) is 26.0 Å². The average molecular weight is 344 g/mol. The van der Waals surface area contributed by atoms with Crippen LogP contribution < -0.4 is 10.1 Å². The Morgan fingerprint density at radius 3 is 2.40 bits per heavy atom. The van der Waals surface area contributed by atoms with Crippen LogP contribution in [0.4, 0.5) is 0 Å². The Morgan fingerprint density at radius 1 is 1.35 bits per heavy atom. The maximum Gasteiger partial charge on any atom is 0.260 e. The van der Waals surface area contributed by atoms with Gasteiger partial charge in [0.05, 0.1) is 5.60 Å². The number of ether oxygens (including phenoxy) is 1. The molecule has 5 heteroatoms. The summed E-state index contributed by atoms with van der Waals surface area (Å²) in [6.07, 6.45) is 0.603. The summed E-state index contributed by atoms with van der Waals surface area (Å²) in [5.74, 6) is 0.408. The first-order valence-electron chi connectivity index (χ1n) is 6.82. The van der Waals surface area contributed by atoms with E-state index in [1.54, 1.807) is 19.1 Å². The average Bonchev–Trinajstić information content (AvgIpc) is 2.46. The molecule has 1 aromatic rings. The zero-order valence-corrected chi connectivity index (χ0v) is 13.7. The number of nitrogens with one attached hydrogen (secondary N) is 1. The largest absolute Gasteiger partial charge is 0.481 e. The van der Waals surface area contributed by atoms with Crippen LogP contribution in [0.2, 0.25) is 0 Å². The molecule has 1 unspecified atom stereocenters. The fourth-order valence-corrected chi connectivity index (χ4v) is 1.93. The van der Waals surface area contributed by atoms with Crippen molar-refractivity contribution in [2.45, 2.75) is 45.3 Å². The lowest BCUT2D eigenvalue weighted by molar-refractivity contribution is -0.128. The van der Waals surface area contributed by atoms with E-state index in [4.69, 9.17) is 4.74 Å². The van der Waals surface area contributed by atoms with Crippen LogP contribution in [0.5, 0.6) is 5.75 Å². The molecule has 112 valence electrons. The maximum absolute atomic E-state index is 11.9. The van der Waals surface area contributed by atoms with Crippen LogP contribution in [-0.4, -0.2) is 29.3 Å². The molecule has 0 saturated carbocycles. The third-order valence-corrected chi connectivity index (χ3v) is 3.93. The summed E-state index contributed by atoms with van der Waals surface area (Å²) in [5, 5.41) is 12.9. The summed E-state index contributed by atoms with van der Waals surface area (Å²) in [6, 6.07) is 7.30. The van der Waals surface area contributed by atoms with E-state index in [2.05, 4.69) is 21.2 Å². The first kappa shape index (κ1) is 17.0. The van der Waals surface area contributed by atoms with Crippen LogP contribution in [0.1, 0.15) is 33.6 Å². The normalized spacial score (nSPS) is 12.8. The first-order valence-corrected chi connectivity index (χ1v) is 7.62. The summed E-state index contributed by atoms with van der Waals surface area (Å²) in [5.41, 5.74) is -0.840. The predicted octanol–water partition coefficient (Wildman–Crippen LogP) is 2.88. The van der Waals surface area contributed by atoms with Gasteiger partial charge in [0.2, 0.25) is 0 Å². The molecule has 4 nitrogen and oxygen atoms in total. The quantitative estimate of drug-likeness (QED) is 0.800. The Bertz CT molecular complexity index is 429. The van der Waals surface area contributed by atoms with Gasteiger partial charge in [-0.1, -0.05) is 29.8 Å². The van der Waals surface area contributed by atoms with Crippen molar-refractivity contribution in [3.63, 3.8) is 0 Å². The van der Waals surface area contributed by atoms with Gasteiger partial charge in [-0.05, 0) is 44.0 Å². The molecule has 1 amide bonds. The van der Waals surface area contributed by atoms with Gasteiger partial charge in [0.25, 0.3) is 5.91 Å². The number of aliphatic hydroxyl groups is 1. The highest BCUT2D eigenvalue weighted by Crippen LogP contribution is 2.17. The molecule has 1 atom stereocenters. The van der Waals surface area contributed by atoms with Crippen LogP contribution >= 0.6 is 15.9 Å². The highest BCUT2D eigenvalue weighted by atomic mass is 79.9. The minimum absolute atomic E-state index is 0.228. The molecule has 0 aliphatic carbocycles. The van der Waals surface area contributed by atoms with Crippen molar-refractivity contribution in [1.29, 1.82) is 0 Å². The van der Waals surface area contributed by atoms with E-state index in [1.165, 1.54) is 0 Å². The van der Waals surface area contributed by atoms with Crippen LogP contribution in [0.3, 0.4) is 0 Å². The van der Waals surface area contributed by atoms with Crippen molar-refractivity contribution < 1.29 is 14.6 Å². The zero-order valence-electron chi connectivity index (χ0n) is 12.1. The van der Waals surface area contributed by atoms with Crippen molar-refractivity contribution in [2.24, 2.45) is 0 Å². The molecule has 0 bridgehead atoms. The van der Waals surface area contributed by atoms with E-state index < -0.39 is 11.7 Å². The third kappa shape index (κ3) is 5.13. The van der Waals surface area contributed by atoms with E-state index >= 15 is 0 Å². The van der Waals surface area contributed by atoms with Crippen molar-refractivity contribution in [3.05, 3.63) is 28.7 Å². The Labute approximate surface area is 128 Å². The van der Waals surface area contributed by atoms with Crippen LogP contribution in [-0.2, 0) is 4.79 Å². The predicted molar refractivity (Wildman–Crippen MR) is 82.8 cm³/mol. The first-order chi connectivity index (χ1) is 9.40. The Balaban J connectivity index is 2.49. The fourth-order valence-electron chi connectivity index (χ4n) is 1.67. The molecule has 0 aromatic heterocycles. The molecule has 0 saturated heterocycles. The number of amides is 1. The summed E-state index contributed by atoms with van der Waals surface area (Å²) >= 11 is 3.34. The lowest BCUT2D eigenvalue weighted by atomic mass is 9.97.